The van der Waals surface area contributed by atoms with E-state index in [2.05, 4.69) is 5.32 Å². The summed E-state index contributed by atoms with van der Waals surface area (Å²) in [7, 11) is 0. The molecule has 2 aromatic carbocycles. The van der Waals surface area contributed by atoms with E-state index >= 15 is 0 Å². The van der Waals surface area contributed by atoms with Crippen molar-refractivity contribution in [1.29, 1.82) is 0 Å². The number of benzene rings is 2. The van der Waals surface area contributed by atoms with E-state index in [1.54, 1.807) is 36.4 Å². The van der Waals surface area contributed by atoms with E-state index in [1.165, 1.54) is 16.7 Å². The van der Waals surface area contributed by atoms with Crippen molar-refractivity contribution in [3.05, 3.63) is 69.0 Å². The van der Waals surface area contributed by atoms with Crippen LogP contribution >= 0.6 is 47.2 Å². The molecular formula is C19H14Cl2N2O2S2. The highest BCUT2D eigenvalue weighted by molar-refractivity contribution is 8.26. The van der Waals surface area contributed by atoms with E-state index in [1.807, 2.05) is 18.2 Å². The first-order chi connectivity index (χ1) is 12.9. The fourth-order valence-electron chi connectivity index (χ4n) is 2.43. The fraction of sp³-hybridized carbons (Fsp3) is 0.105. The number of rotatable bonds is 5. The Morgan fingerprint density at radius 2 is 1.96 bits per heavy atom. The topological polar surface area (TPSA) is 49.4 Å². The lowest BCUT2D eigenvalue weighted by Gasteiger charge is -2.14. The van der Waals surface area contributed by atoms with Crippen molar-refractivity contribution in [2.45, 2.75) is 6.42 Å². The van der Waals surface area contributed by atoms with Gasteiger partial charge in [0.2, 0.25) is 5.91 Å². The van der Waals surface area contributed by atoms with Gasteiger partial charge in [-0.05, 0) is 35.9 Å². The molecule has 0 unspecified atom stereocenters. The Morgan fingerprint density at radius 1 is 1.19 bits per heavy atom. The maximum atomic E-state index is 12.6. The molecule has 0 atom stereocenters. The second-order valence-electron chi connectivity index (χ2n) is 5.66. The molecule has 2 aromatic rings. The van der Waals surface area contributed by atoms with E-state index < -0.39 is 0 Å². The van der Waals surface area contributed by atoms with Gasteiger partial charge in [0, 0.05) is 28.7 Å². The molecule has 0 aliphatic carbocycles. The highest BCUT2D eigenvalue weighted by Crippen LogP contribution is 2.33. The number of amides is 2. The van der Waals surface area contributed by atoms with Crippen LogP contribution in [0.5, 0.6) is 0 Å². The van der Waals surface area contributed by atoms with E-state index in [-0.39, 0.29) is 24.8 Å². The maximum Gasteiger partial charge on any atom is 0.266 e. The number of hydrogen-bond donors (Lipinski definition) is 1. The fourth-order valence-corrected chi connectivity index (χ4v) is 4.11. The van der Waals surface area contributed by atoms with Crippen LogP contribution in [0.2, 0.25) is 10.0 Å². The van der Waals surface area contributed by atoms with E-state index in [9.17, 15) is 9.59 Å². The van der Waals surface area contributed by atoms with Crippen LogP contribution in [0.3, 0.4) is 0 Å². The zero-order chi connectivity index (χ0) is 19.4. The minimum atomic E-state index is -0.222. The molecule has 138 valence electrons. The van der Waals surface area contributed by atoms with Gasteiger partial charge in [-0.1, -0.05) is 71.4 Å². The molecule has 2 amide bonds. The van der Waals surface area contributed by atoms with Gasteiger partial charge in [0.05, 0.1) is 4.91 Å². The largest absolute Gasteiger partial charge is 0.326 e. The third-order valence-electron chi connectivity index (χ3n) is 3.74. The highest BCUT2D eigenvalue weighted by atomic mass is 35.5. The monoisotopic (exact) mass is 436 g/mol. The molecule has 0 spiro atoms. The van der Waals surface area contributed by atoms with Crippen LogP contribution in [0.25, 0.3) is 6.08 Å². The van der Waals surface area contributed by atoms with Crippen molar-refractivity contribution in [3.63, 3.8) is 0 Å². The molecule has 0 radical (unpaired) electrons. The molecule has 1 fully saturated rings. The summed E-state index contributed by atoms with van der Waals surface area (Å²) >= 11 is 18.5. The third kappa shape index (κ3) is 5.11. The van der Waals surface area contributed by atoms with Gasteiger partial charge in [-0.3, -0.25) is 14.5 Å². The van der Waals surface area contributed by atoms with Crippen LogP contribution < -0.4 is 5.32 Å². The number of nitrogens with zero attached hydrogens (tertiary/aromatic N) is 1. The lowest BCUT2D eigenvalue weighted by Crippen LogP contribution is -2.31. The Bertz CT molecular complexity index is 947. The van der Waals surface area contributed by atoms with Crippen molar-refractivity contribution >= 4 is 75.1 Å². The van der Waals surface area contributed by atoms with Gasteiger partial charge in [0.15, 0.2) is 0 Å². The summed E-state index contributed by atoms with van der Waals surface area (Å²) in [4.78, 5) is 26.7. The van der Waals surface area contributed by atoms with E-state index in [0.29, 0.717) is 25.0 Å². The first-order valence-corrected chi connectivity index (χ1v) is 9.97. The van der Waals surface area contributed by atoms with Crippen molar-refractivity contribution in [2.75, 3.05) is 11.9 Å². The Morgan fingerprint density at radius 3 is 2.70 bits per heavy atom. The average Bonchev–Trinajstić information content (AvgIpc) is 2.88. The average molecular weight is 437 g/mol. The molecule has 1 aliphatic rings. The Balaban J connectivity index is 1.62. The van der Waals surface area contributed by atoms with Crippen LogP contribution in [0, 0.1) is 0 Å². The number of nitrogens with one attached hydrogen (secondary N) is 1. The van der Waals surface area contributed by atoms with Crippen LogP contribution in [-0.2, 0) is 9.59 Å². The molecule has 1 aliphatic heterocycles. The second-order valence-corrected chi connectivity index (χ2v) is 8.18. The third-order valence-corrected chi connectivity index (χ3v) is 5.69. The number of carbonyl (C=O) groups is 2. The van der Waals surface area contributed by atoms with Crippen LogP contribution in [0.4, 0.5) is 5.69 Å². The molecule has 0 bridgehead atoms. The predicted octanol–water partition coefficient (Wildman–Crippen LogP) is 5.22. The number of carbonyl (C=O) groups excluding carboxylic acids is 2. The molecule has 1 heterocycles. The van der Waals surface area contributed by atoms with Gasteiger partial charge in [0.25, 0.3) is 5.91 Å². The first kappa shape index (κ1) is 19.9. The molecule has 1 saturated heterocycles. The van der Waals surface area contributed by atoms with E-state index in [4.69, 9.17) is 35.4 Å². The lowest BCUT2D eigenvalue weighted by molar-refractivity contribution is -0.122. The van der Waals surface area contributed by atoms with Gasteiger partial charge < -0.3 is 5.32 Å². The van der Waals surface area contributed by atoms with Gasteiger partial charge in [-0.15, -0.1) is 0 Å². The van der Waals surface area contributed by atoms with Crippen LogP contribution in [0.1, 0.15) is 12.0 Å². The minimum Gasteiger partial charge on any atom is -0.326 e. The zero-order valence-electron chi connectivity index (χ0n) is 13.9. The summed E-state index contributed by atoms with van der Waals surface area (Å²) in [5.74, 6) is -0.443. The number of hydrogen-bond acceptors (Lipinski definition) is 4. The van der Waals surface area contributed by atoms with Crippen molar-refractivity contribution in [1.82, 2.24) is 4.90 Å². The van der Waals surface area contributed by atoms with Crippen LogP contribution in [0.15, 0.2) is 53.4 Å². The first-order valence-electron chi connectivity index (χ1n) is 7.99. The Hall–Kier alpha value is -1.86. The predicted molar refractivity (Wildman–Crippen MR) is 116 cm³/mol. The quantitative estimate of drug-likeness (QED) is 0.515. The van der Waals surface area contributed by atoms with Crippen molar-refractivity contribution < 1.29 is 9.59 Å². The summed E-state index contributed by atoms with van der Waals surface area (Å²) in [6.07, 6.45) is 1.84. The molecule has 27 heavy (non-hydrogen) atoms. The van der Waals surface area contributed by atoms with Crippen molar-refractivity contribution in [3.8, 4) is 0 Å². The molecule has 8 heteroatoms. The van der Waals surface area contributed by atoms with Gasteiger partial charge in [-0.2, -0.15) is 0 Å². The van der Waals surface area contributed by atoms with Crippen LogP contribution in [-0.4, -0.2) is 27.6 Å². The normalized spacial score (nSPS) is 15.5. The molecule has 3 rings (SSSR count). The summed E-state index contributed by atoms with van der Waals surface area (Å²) in [5.41, 5.74) is 1.36. The lowest BCUT2D eigenvalue weighted by atomic mass is 10.2. The van der Waals surface area contributed by atoms with Gasteiger partial charge in [0.1, 0.15) is 4.32 Å². The maximum absolute atomic E-state index is 12.6. The number of anilines is 1. The van der Waals surface area contributed by atoms with Crippen molar-refractivity contribution in [2.24, 2.45) is 0 Å². The number of halogens is 2. The Kier molecular flexibility index (Phi) is 6.55. The van der Waals surface area contributed by atoms with Gasteiger partial charge in [-0.25, -0.2) is 0 Å². The minimum absolute atomic E-state index is 0.123. The second kappa shape index (κ2) is 8.89. The molecule has 0 saturated carbocycles. The summed E-state index contributed by atoms with van der Waals surface area (Å²) in [6.45, 7) is 0.205. The number of thiocarbonyl (C=S) groups is 1. The molecular weight excluding hydrogens is 423 g/mol. The summed E-state index contributed by atoms with van der Waals surface area (Å²) in [6, 6.07) is 14.1. The number of thioether (sulfide) groups is 1. The zero-order valence-corrected chi connectivity index (χ0v) is 17.1. The summed E-state index contributed by atoms with van der Waals surface area (Å²) < 4.78 is 0.425. The highest BCUT2D eigenvalue weighted by Gasteiger charge is 2.32. The summed E-state index contributed by atoms with van der Waals surface area (Å²) in [5, 5.41) is 3.85. The standard InChI is InChI=1S/C19H14Cl2N2O2S2/c20-13-5-3-6-14(11-13)22-17(24)8-9-23-18(25)16(27-19(23)26)10-12-4-1-2-7-15(12)21/h1-7,10-11H,8-9H2,(H,22,24)/b16-10-. The molecule has 1 N–H and O–H groups in total. The smallest absolute Gasteiger partial charge is 0.266 e. The molecule has 4 nitrogen and oxygen atoms in total. The Labute approximate surface area is 176 Å². The van der Waals surface area contributed by atoms with Gasteiger partial charge >= 0.3 is 0 Å². The molecule has 0 aromatic heterocycles. The van der Waals surface area contributed by atoms with E-state index in [0.717, 1.165) is 5.56 Å². The SMILES string of the molecule is O=C(CCN1C(=O)/C(=C/c2ccccc2Cl)SC1=S)Nc1cccc(Cl)c1.